The van der Waals surface area contributed by atoms with Crippen molar-refractivity contribution < 1.29 is 4.74 Å². The molecule has 0 unspecified atom stereocenters. The smallest absolute Gasteiger partial charge is 0.191 e. The number of ether oxygens (including phenoxy) is 1. The van der Waals surface area contributed by atoms with Gasteiger partial charge < -0.3 is 15.4 Å². The van der Waals surface area contributed by atoms with E-state index in [0.717, 1.165) is 18.3 Å². The molecule has 1 aliphatic rings. The van der Waals surface area contributed by atoms with E-state index in [-0.39, 0.29) is 30.1 Å². The molecule has 21 heavy (non-hydrogen) atoms. The first-order chi connectivity index (χ1) is 9.67. The quantitative estimate of drug-likeness (QED) is 0.435. The molecule has 0 spiro atoms. The van der Waals surface area contributed by atoms with Crippen molar-refractivity contribution in [3.8, 4) is 5.75 Å². The number of halogens is 1. The number of nitrogens with zero attached hydrogens (tertiary/aromatic N) is 1. The topological polar surface area (TPSA) is 45.7 Å². The number of rotatable bonds is 6. The van der Waals surface area contributed by atoms with Crippen LogP contribution in [0.3, 0.4) is 0 Å². The summed E-state index contributed by atoms with van der Waals surface area (Å²) >= 11 is 0. The van der Waals surface area contributed by atoms with Crippen LogP contribution in [0, 0.1) is 0 Å². The van der Waals surface area contributed by atoms with Gasteiger partial charge in [0.15, 0.2) is 5.96 Å². The average Bonchev–Trinajstić information content (AvgIpc) is 3.21. The molecule has 0 saturated heterocycles. The fraction of sp³-hybridized carbons (Fsp3) is 0.562. The Hall–Kier alpha value is -0.980. The van der Waals surface area contributed by atoms with E-state index in [2.05, 4.69) is 34.7 Å². The summed E-state index contributed by atoms with van der Waals surface area (Å²) < 4.78 is 5.63. The number of aliphatic imine (C=N–C) groups is 1. The zero-order valence-corrected chi connectivity index (χ0v) is 15.4. The maximum Gasteiger partial charge on any atom is 0.191 e. The van der Waals surface area contributed by atoms with E-state index >= 15 is 0 Å². The van der Waals surface area contributed by atoms with Gasteiger partial charge in [-0.2, -0.15) is 0 Å². The van der Waals surface area contributed by atoms with E-state index in [1.807, 2.05) is 26.0 Å². The standard InChI is InChI=1S/C16H25N3O.HI/c1-4-17-16(19-14-7-8-14)18-11-13-5-9-15(10-6-13)20-12(2)3;/h5-6,9-10,12,14H,4,7-8,11H2,1-3H3,(H2,17,18,19);1H. The number of nitrogens with one attached hydrogen (secondary N) is 2. The van der Waals surface area contributed by atoms with Crippen LogP contribution in [-0.4, -0.2) is 24.7 Å². The lowest BCUT2D eigenvalue weighted by Gasteiger charge is -2.11. The molecule has 4 nitrogen and oxygen atoms in total. The molecule has 0 radical (unpaired) electrons. The predicted molar refractivity (Wildman–Crippen MR) is 98.6 cm³/mol. The van der Waals surface area contributed by atoms with Gasteiger partial charge in [-0.15, -0.1) is 24.0 Å². The fourth-order valence-electron chi connectivity index (χ4n) is 1.86. The van der Waals surface area contributed by atoms with Crippen molar-refractivity contribution in [1.29, 1.82) is 0 Å². The minimum atomic E-state index is 0. The molecule has 1 aromatic rings. The van der Waals surface area contributed by atoms with Crippen molar-refractivity contribution in [3.63, 3.8) is 0 Å². The van der Waals surface area contributed by atoms with Gasteiger partial charge in [0.25, 0.3) is 0 Å². The van der Waals surface area contributed by atoms with Crippen LogP contribution in [0.15, 0.2) is 29.3 Å². The SMILES string of the molecule is CCNC(=NCc1ccc(OC(C)C)cc1)NC1CC1.I. The summed E-state index contributed by atoms with van der Waals surface area (Å²) in [6.45, 7) is 7.72. The summed E-state index contributed by atoms with van der Waals surface area (Å²) in [4.78, 5) is 4.61. The van der Waals surface area contributed by atoms with Crippen molar-refractivity contribution in [2.75, 3.05) is 6.54 Å². The largest absolute Gasteiger partial charge is 0.491 e. The Morgan fingerprint density at radius 1 is 1.29 bits per heavy atom. The van der Waals surface area contributed by atoms with Crippen molar-refractivity contribution in [3.05, 3.63) is 29.8 Å². The van der Waals surface area contributed by atoms with E-state index in [1.165, 1.54) is 18.4 Å². The average molecular weight is 403 g/mol. The molecule has 1 aromatic carbocycles. The lowest BCUT2D eigenvalue weighted by molar-refractivity contribution is 0.242. The third-order valence-corrected chi connectivity index (χ3v) is 2.98. The normalized spacial score (nSPS) is 14.6. The van der Waals surface area contributed by atoms with E-state index in [4.69, 9.17) is 4.74 Å². The van der Waals surface area contributed by atoms with Gasteiger partial charge in [0.2, 0.25) is 0 Å². The monoisotopic (exact) mass is 403 g/mol. The highest BCUT2D eigenvalue weighted by Crippen LogP contribution is 2.18. The summed E-state index contributed by atoms with van der Waals surface area (Å²) in [5.41, 5.74) is 1.19. The summed E-state index contributed by atoms with van der Waals surface area (Å²) in [7, 11) is 0. The van der Waals surface area contributed by atoms with Crippen LogP contribution in [-0.2, 0) is 6.54 Å². The molecule has 1 saturated carbocycles. The summed E-state index contributed by atoms with van der Waals surface area (Å²) in [5, 5.41) is 6.69. The van der Waals surface area contributed by atoms with Gasteiger partial charge in [-0.05, 0) is 51.3 Å². The highest BCUT2D eigenvalue weighted by Gasteiger charge is 2.21. The maximum atomic E-state index is 5.63. The Morgan fingerprint density at radius 2 is 1.95 bits per heavy atom. The maximum absolute atomic E-state index is 5.63. The van der Waals surface area contributed by atoms with Crippen LogP contribution >= 0.6 is 24.0 Å². The second-order valence-electron chi connectivity index (χ2n) is 5.42. The van der Waals surface area contributed by atoms with Crippen molar-refractivity contribution in [2.45, 2.75) is 52.3 Å². The van der Waals surface area contributed by atoms with Crippen LogP contribution in [0.25, 0.3) is 0 Å². The minimum Gasteiger partial charge on any atom is -0.491 e. The molecule has 0 aliphatic heterocycles. The van der Waals surface area contributed by atoms with Gasteiger partial charge in [-0.25, -0.2) is 4.99 Å². The molecular weight excluding hydrogens is 377 g/mol. The Labute approximate surface area is 144 Å². The minimum absolute atomic E-state index is 0. The zero-order valence-electron chi connectivity index (χ0n) is 13.1. The van der Waals surface area contributed by atoms with Crippen molar-refractivity contribution in [2.24, 2.45) is 4.99 Å². The van der Waals surface area contributed by atoms with Crippen LogP contribution in [0.4, 0.5) is 0 Å². The molecule has 0 amide bonds. The highest BCUT2D eigenvalue weighted by molar-refractivity contribution is 14.0. The van der Waals surface area contributed by atoms with E-state index in [1.54, 1.807) is 0 Å². The predicted octanol–water partition coefficient (Wildman–Crippen LogP) is 3.31. The molecule has 118 valence electrons. The molecule has 0 aromatic heterocycles. The first-order valence-electron chi connectivity index (χ1n) is 7.48. The first kappa shape index (κ1) is 18.1. The molecule has 5 heteroatoms. The van der Waals surface area contributed by atoms with Crippen molar-refractivity contribution >= 4 is 29.9 Å². The van der Waals surface area contributed by atoms with Crippen molar-refractivity contribution in [1.82, 2.24) is 10.6 Å². The number of hydrogen-bond acceptors (Lipinski definition) is 2. The Balaban J connectivity index is 0.00000220. The Kier molecular flexibility index (Phi) is 7.85. The molecule has 1 fully saturated rings. The zero-order chi connectivity index (χ0) is 14.4. The molecule has 2 N–H and O–H groups in total. The lowest BCUT2D eigenvalue weighted by Crippen LogP contribution is -2.38. The summed E-state index contributed by atoms with van der Waals surface area (Å²) in [6.07, 6.45) is 2.72. The third-order valence-electron chi connectivity index (χ3n) is 2.98. The van der Waals surface area contributed by atoms with Crippen LogP contribution in [0.1, 0.15) is 39.2 Å². The van der Waals surface area contributed by atoms with Gasteiger partial charge in [-0.3, -0.25) is 0 Å². The van der Waals surface area contributed by atoms with Crippen LogP contribution in [0.2, 0.25) is 0 Å². The van der Waals surface area contributed by atoms with Crippen LogP contribution in [0.5, 0.6) is 5.75 Å². The fourth-order valence-corrected chi connectivity index (χ4v) is 1.86. The molecular formula is C16H26IN3O. The highest BCUT2D eigenvalue weighted by atomic mass is 127. The molecule has 2 rings (SSSR count). The molecule has 1 aliphatic carbocycles. The van der Waals surface area contributed by atoms with Gasteiger partial charge >= 0.3 is 0 Å². The summed E-state index contributed by atoms with van der Waals surface area (Å²) in [5.74, 6) is 1.83. The van der Waals surface area contributed by atoms with Gasteiger partial charge in [0, 0.05) is 12.6 Å². The first-order valence-corrected chi connectivity index (χ1v) is 7.48. The number of guanidine groups is 1. The second kappa shape index (κ2) is 9.12. The van der Waals surface area contributed by atoms with E-state index < -0.39 is 0 Å². The van der Waals surface area contributed by atoms with Crippen LogP contribution < -0.4 is 15.4 Å². The second-order valence-corrected chi connectivity index (χ2v) is 5.42. The lowest BCUT2D eigenvalue weighted by atomic mass is 10.2. The Bertz CT molecular complexity index is 441. The van der Waals surface area contributed by atoms with Gasteiger partial charge in [0.05, 0.1) is 12.6 Å². The van der Waals surface area contributed by atoms with Gasteiger partial charge in [0.1, 0.15) is 5.75 Å². The van der Waals surface area contributed by atoms with Gasteiger partial charge in [-0.1, -0.05) is 12.1 Å². The summed E-state index contributed by atoms with van der Waals surface area (Å²) in [6, 6.07) is 8.77. The molecule has 0 atom stereocenters. The van der Waals surface area contributed by atoms with E-state index in [9.17, 15) is 0 Å². The number of hydrogen-bond donors (Lipinski definition) is 2. The number of benzene rings is 1. The Morgan fingerprint density at radius 3 is 2.48 bits per heavy atom. The molecule has 0 bridgehead atoms. The third kappa shape index (κ3) is 7.02. The molecule has 0 heterocycles. The van der Waals surface area contributed by atoms with E-state index in [0.29, 0.717) is 12.6 Å².